The van der Waals surface area contributed by atoms with Crippen LogP contribution in [0.5, 0.6) is 5.75 Å². The Morgan fingerprint density at radius 3 is 2.61 bits per heavy atom. The maximum Gasteiger partial charge on any atom is 0.315 e. The molecule has 2 N–H and O–H groups in total. The summed E-state index contributed by atoms with van der Waals surface area (Å²) in [5.41, 5.74) is 2.55. The van der Waals surface area contributed by atoms with E-state index in [1.54, 1.807) is 13.3 Å². The minimum Gasteiger partial charge on any atom is -0.497 e. The smallest absolute Gasteiger partial charge is 0.315 e. The first-order valence-electron chi connectivity index (χ1n) is 9.82. The second-order valence-electron chi connectivity index (χ2n) is 7.98. The van der Waals surface area contributed by atoms with Crippen LogP contribution in [0.15, 0.2) is 48.8 Å². The predicted octanol–water partition coefficient (Wildman–Crippen LogP) is 3.42. The van der Waals surface area contributed by atoms with Gasteiger partial charge in [0.2, 0.25) is 0 Å². The van der Waals surface area contributed by atoms with Gasteiger partial charge in [-0.25, -0.2) is 4.79 Å². The van der Waals surface area contributed by atoms with Crippen LogP contribution in [0.3, 0.4) is 0 Å². The number of pyridine rings is 1. The summed E-state index contributed by atoms with van der Waals surface area (Å²) >= 11 is 0. The van der Waals surface area contributed by atoms with E-state index in [2.05, 4.69) is 15.6 Å². The molecule has 4 rings (SSSR count). The molecule has 2 aliphatic carbocycles. The van der Waals surface area contributed by atoms with E-state index in [1.807, 2.05) is 42.6 Å². The quantitative estimate of drug-likeness (QED) is 0.771. The van der Waals surface area contributed by atoms with Gasteiger partial charge in [-0.05, 0) is 60.4 Å². The van der Waals surface area contributed by atoms with Crippen LogP contribution < -0.4 is 15.4 Å². The number of ether oxygens (including phenoxy) is 2. The van der Waals surface area contributed by atoms with Crippen LogP contribution in [0.1, 0.15) is 36.8 Å². The first kappa shape index (κ1) is 18.7. The van der Waals surface area contributed by atoms with E-state index < -0.39 is 0 Å². The van der Waals surface area contributed by atoms with Crippen LogP contribution in [0, 0.1) is 5.41 Å². The lowest BCUT2D eigenvalue weighted by atomic mass is 9.53. The van der Waals surface area contributed by atoms with Gasteiger partial charge in [0, 0.05) is 25.0 Å². The predicted molar refractivity (Wildman–Crippen MR) is 106 cm³/mol. The second kappa shape index (κ2) is 8.19. The topological polar surface area (TPSA) is 72.5 Å². The van der Waals surface area contributed by atoms with Crippen molar-refractivity contribution in [1.82, 2.24) is 15.6 Å². The lowest BCUT2D eigenvalue weighted by Crippen LogP contribution is -2.59. The second-order valence-corrected chi connectivity index (χ2v) is 7.98. The van der Waals surface area contributed by atoms with Crippen molar-refractivity contribution < 1.29 is 14.3 Å². The molecule has 2 aliphatic rings. The van der Waals surface area contributed by atoms with Crippen molar-refractivity contribution in [3.8, 4) is 5.75 Å². The molecule has 0 radical (unpaired) electrons. The lowest BCUT2D eigenvalue weighted by molar-refractivity contribution is -0.131. The van der Waals surface area contributed by atoms with Gasteiger partial charge >= 0.3 is 6.03 Å². The molecule has 0 bridgehead atoms. The normalized spacial score (nSPS) is 25.5. The number of nitrogens with one attached hydrogen (secondary N) is 2. The number of benzene rings is 1. The summed E-state index contributed by atoms with van der Waals surface area (Å²) in [6.45, 7) is 1.14. The maximum absolute atomic E-state index is 12.1. The summed E-state index contributed by atoms with van der Waals surface area (Å²) in [7, 11) is 1.64. The van der Waals surface area contributed by atoms with Crippen LogP contribution in [0.4, 0.5) is 4.79 Å². The van der Waals surface area contributed by atoms with Crippen LogP contribution in [0.2, 0.25) is 0 Å². The molecule has 0 unspecified atom stereocenters. The molecule has 0 saturated heterocycles. The SMILES string of the molecule is COc1ccc(CNC(=O)NC2CC3(C2)CC(OCc2cccnc2)C3)cc1. The summed E-state index contributed by atoms with van der Waals surface area (Å²) in [6, 6.07) is 11.9. The fraction of sp³-hybridized carbons (Fsp3) is 0.455. The van der Waals surface area contributed by atoms with Crippen molar-refractivity contribution in [1.29, 1.82) is 0 Å². The summed E-state index contributed by atoms with van der Waals surface area (Å²) < 4.78 is 11.1. The molecule has 6 nitrogen and oxygen atoms in total. The van der Waals surface area contributed by atoms with Gasteiger partial charge in [-0.3, -0.25) is 4.98 Å². The molecular weight excluding hydrogens is 354 g/mol. The Bertz CT molecular complexity index is 780. The van der Waals surface area contributed by atoms with Gasteiger partial charge in [0.15, 0.2) is 0 Å². The number of rotatable bonds is 7. The number of methoxy groups -OCH3 is 1. The minimum absolute atomic E-state index is 0.0978. The number of nitrogens with zero attached hydrogens (tertiary/aromatic N) is 1. The average Bonchev–Trinajstić information content (AvgIpc) is 2.67. The van der Waals surface area contributed by atoms with Crippen molar-refractivity contribution in [2.75, 3.05) is 7.11 Å². The summed E-state index contributed by atoms with van der Waals surface area (Å²) in [6.07, 6.45) is 8.26. The van der Waals surface area contributed by atoms with Gasteiger partial charge in [-0.15, -0.1) is 0 Å². The number of urea groups is 1. The minimum atomic E-state index is -0.0978. The zero-order chi connectivity index (χ0) is 19.4. The number of carbonyl (C=O) groups is 1. The molecule has 1 heterocycles. The Morgan fingerprint density at radius 2 is 1.93 bits per heavy atom. The Hall–Kier alpha value is -2.60. The zero-order valence-corrected chi connectivity index (χ0v) is 16.2. The summed E-state index contributed by atoms with van der Waals surface area (Å²) in [5, 5.41) is 6.01. The highest BCUT2D eigenvalue weighted by molar-refractivity contribution is 5.74. The number of aromatic nitrogens is 1. The van der Waals surface area contributed by atoms with Crippen LogP contribution >= 0.6 is 0 Å². The van der Waals surface area contributed by atoms with Gasteiger partial charge in [0.05, 0.1) is 19.8 Å². The van der Waals surface area contributed by atoms with E-state index >= 15 is 0 Å². The highest BCUT2D eigenvalue weighted by atomic mass is 16.5. The number of hydrogen-bond donors (Lipinski definition) is 2. The Morgan fingerprint density at radius 1 is 1.14 bits per heavy atom. The molecule has 28 heavy (non-hydrogen) atoms. The van der Waals surface area contributed by atoms with E-state index in [0.29, 0.717) is 24.7 Å². The third-order valence-electron chi connectivity index (χ3n) is 5.84. The van der Waals surface area contributed by atoms with E-state index in [1.165, 1.54) is 0 Å². The lowest BCUT2D eigenvalue weighted by Gasteiger charge is -2.57. The molecule has 148 valence electrons. The summed E-state index contributed by atoms with van der Waals surface area (Å²) in [4.78, 5) is 16.2. The van der Waals surface area contributed by atoms with Gasteiger partial charge in [0.1, 0.15) is 5.75 Å². The third-order valence-corrected chi connectivity index (χ3v) is 5.84. The van der Waals surface area contributed by atoms with E-state index in [9.17, 15) is 4.79 Å². The fourth-order valence-corrected chi connectivity index (χ4v) is 4.30. The molecule has 0 aliphatic heterocycles. The van der Waals surface area contributed by atoms with Crippen LogP contribution in [-0.4, -0.2) is 30.3 Å². The Kier molecular flexibility index (Phi) is 5.48. The van der Waals surface area contributed by atoms with Gasteiger partial charge in [-0.2, -0.15) is 0 Å². The highest BCUT2D eigenvalue weighted by Gasteiger charge is 2.53. The molecule has 6 heteroatoms. The van der Waals surface area contributed by atoms with Crippen LogP contribution in [0.25, 0.3) is 0 Å². The number of carbonyl (C=O) groups excluding carboxylic acids is 1. The van der Waals surface area contributed by atoms with E-state index in [-0.39, 0.29) is 12.1 Å². The Labute approximate surface area is 165 Å². The first-order chi connectivity index (χ1) is 13.6. The van der Waals surface area contributed by atoms with Crippen molar-refractivity contribution in [3.05, 3.63) is 59.9 Å². The number of amides is 2. The average molecular weight is 381 g/mol. The Balaban J connectivity index is 1.11. The fourth-order valence-electron chi connectivity index (χ4n) is 4.30. The maximum atomic E-state index is 12.1. The van der Waals surface area contributed by atoms with E-state index in [0.717, 1.165) is 42.6 Å². The van der Waals surface area contributed by atoms with Crippen molar-refractivity contribution >= 4 is 6.03 Å². The van der Waals surface area contributed by atoms with E-state index in [4.69, 9.17) is 9.47 Å². The standard InChI is InChI=1S/C22H27N3O3/c1-27-19-6-4-16(5-7-19)14-24-21(26)25-18-9-22(10-18)11-20(12-22)28-15-17-3-2-8-23-13-17/h2-8,13,18,20H,9-12,14-15H2,1H3,(H2,24,25,26). The largest absolute Gasteiger partial charge is 0.497 e. The van der Waals surface area contributed by atoms with Gasteiger partial charge in [-0.1, -0.05) is 18.2 Å². The zero-order valence-electron chi connectivity index (χ0n) is 16.2. The number of hydrogen-bond acceptors (Lipinski definition) is 4. The summed E-state index contributed by atoms with van der Waals surface area (Å²) in [5.74, 6) is 0.816. The molecular formula is C22H27N3O3. The molecule has 1 aromatic heterocycles. The first-order valence-corrected chi connectivity index (χ1v) is 9.82. The molecule has 2 amide bonds. The van der Waals surface area contributed by atoms with Crippen molar-refractivity contribution in [2.24, 2.45) is 5.41 Å². The van der Waals surface area contributed by atoms with Gasteiger partial charge in [0.25, 0.3) is 0 Å². The molecule has 1 aromatic carbocycles. The molecule has 0 atom stereocenters. The van der Waals surface area contributed by atoms with Gasteiger partial charge < -0.3 is 20.1 Å². The molecule has 1 spiro atoms. The van der Waals surface area contributed by atoms with Crippen LogP contribution in [-0.2, 0) is 17.9 Å². The van der Waals surface area contributed by atoms with Crippen molar-refractivity contribution in [3.63, 3.8) is 0 Å². The van der Waals surface area contributed by atoms with Crippen molar-refractivity contribution in [2.45, 2.75) is 51.0 Å². The monoisotopic (exact) mass is 381 g/mol. The molecule has 2 fully saturated rings. The molecule has 2 saturated carbocycles. The highest BCUT2D eigenvalue weighted by Crippen LogP contribution is 2.56. The molecule has 2 aromatic rings. The third kappa shape index (κ3) is 4.44.